The van der Waals surface area contributed by atoms with E-state index in [0.717, 1.165) is 6.42 Å². The van der Waals surface area contributed by atoms with Crippen molar-refractivity contribution in [2.75, 3.05) is 27.6 Å². The van der Waals surface area contributed by atoms with Gasteiger partial charge in [0.1, 0.15) is 0 Å². The topological polar surface area (TPSA) is 57.2 Å². The minimum absolute atomic E-state index is 0.147. The van der Waals surface area contributed by atoms with E-state index in [9.17, 15) is 4.79 Å². The Morgan fingerprint density at radius 3 is 2.81 bits per heavy atom. The molecule has 92 valence electrons. The number of thiol groups is 1. The Morgan fingerprint density at radius 2 is 2.19 bits per heavy atom. The fourth-order valence-electron chi connectivity index (χ4n) is 2.15. The lowest BCUT2D eigenvalue weighted by molar-refractivity contribution is -0.153. The zero-order valence-corrected chi connectivity index (χ0v) is 11.2. The van der Waals surface area contributed by atoms with Crippen molar-refractivity contribution in [2.24, 2.45) is 0 Å². The van der Waals surface area contributed by atoms with Crippen LogP contribution < -0.4 is 0 Å². The van der Waals surface area contributed by atoms with Gasteiger partial charge < -0.3 is 18.0 Å². The molecule has 0 aromatic carbocycles. The van der Waals surface area contributed by atoms with E-state index in [-0.39, 0.29) is 6.79 Å². The number of fused-ring (bicyclic) bond motifs is 1. The van der Waals surface area contributed by atoms with Crippen LogP contribution in [0.15, 0.2) is 0 Å². The van der Waals surface area contributed by atoms with Gasteiger partial charge in [-0.2, -0.15) is 0 Å². The lowest BCUT2D eigenvalue weighted by Crippen LogP contribution is -2.64. The van der Waals surface area contributed by atoms with Crippen LogP contribution in [0.3, 0.4) is 0 Å². The highest BCUT2D eigenvalue weighted by Crippen LogP contribution is 2.40. The predicted molar refractivity (Wildman–Crippen MR) is 59.5 cm³/mol. The molecule has 0 bridgehead atoms. The molecule has 0 aliphatic carbocycles. The van der Waals surface area contributed by atoms with Crippen LogP contribution in [0, 0.1) is 0 Å². The first-order valence-electron chi connectivity index (χ1n) is 5.01. The van der Waals surface area contributed by atoms with Crippen LogP contribution in [-0.2, 0) is 22.8 Å². The first-order valence-corrected chi connectivity index (χ1v) is 7.12. The van der Waals surface area contributed by atoms with E-state index in [1.165, 1.54) is 14.2 Å². The average molecular weight is 265 g/mol. The van der Waals surface area contributed by atoms with Crippen LogP contribution in [0.4, 0.5) is 0 Å². The molecule has 2 saturated heterocycles. The van der Waals surface area contributed by atoms with Crippen molar-refractivity contribution < 1.29 is 22.8 Å². The monoisotopic (exact) mass is 265 g/mol. The molecule has 2 aliphatic rings. The zero-order chi connectivity index (χ0) is 11.8. The van der Waals surface area contributed by atoms with E-state index in [4.69, 9.17) is 18.0 Å². The van der Waals surface area contributed by atoms with Crippen LogP contribution in [0.1, 0.15) is 12.8 Å². The normalized spacial score (nSPS) is 34.3. The summed E-state index contributed by atoms with van der Waals surface area (Å²) in [4.78, 5) is 10.9. The van der Waals surface area contributed by atoms with Gasteiger partial charge in [-0.25, -0.2) is 9.36 Å². The Hall–Kier alpha value is -0.123. The second-order valence-electron chi connectivity index (χ2n) is 3.70. The number of esters is 1. The van der Waals surface area contributed by atoms with Crippen molar-refractivity contribution in [3.05, 3.63) is 0 Å². The molecule has 16 heavy (non-hydrogen) atoms. The highest BCUT2D eigenvalue weighted by atomic mass is 32.1. The van der Waals surface area contributed by atoms with Crippen LogP contribution >= 0.6 is 12.6 Å². The summed E-state index contributed by atoms with van der Waals surface area (Å²) in [5, 5.41) is 0. The highest BCUT2D eigenvalue weighted by molar-refractivity contribution is 7.82. The molecule has 8 heteroatoms. The van der Waals surface area contributed by atoms with Crippen molar-refractivity contribution >= 4 is 27.6 Å². The fraction of sp³-hybridized carbons (Fsp3) is 0.875. The third-order valence-corrected chi connectivity index (χ3v) is 6.58. The number of carbonyl (C=O) groups is 1. The molecule has 0 amide bonds. The maximum atomic E-state index is 11.8. The Labute approximate surface area is 101 Å². The zero-order valence-electron chi connectivity index (χ0n) is 9.26. The van der Waals surface area contributed by atoms with Crippen molar-refractivity contribution in [3.63, 3.8) is 0 Å². The van der Waals surface area contributed by atoms with Gasteiger partial charge in [0.2, 0.25) is 0 Å². The number of rotatable bonds is 2. The number of nitrogens with zero attached hydrogens (tertiary/aromatic N) is 1. The van der Waals surface area contributed by atoms with Crippen LogP contribution in [0.5, 0.6) is 0 Å². The smallest absolute Gasteiger partial charge is 0.437 e. The molecule has 0 N–H and O–H groups in total. The molecular weight excluding hydrogens is 250 g/mol. The van der Waals surface area contributed by atoms with Crippen molar-refractivity contribution in [1.82, 2.24) is 4.57 Å². The first-order chi connectivity index (χ1) is 7.59. The van der Waals surface area contributed by atoms with E-state index in [1.54, 1.807) is 4.57 Å². The van der Waals surface area contributed by atoms with E-state index < -0.39 is 19.8 Å². The molecule has 0 saturated carbocycles. The van der Waals surface area contributed by atoms with Gasteiger partial charge in [-0.3, -0.25) is 0 Å². The number of hydrogen-bond donors (Lipinski definition) is 1. The summed E-state index contributed by atoms with van der Waals surface area (Å²) in [6.45, 7) is 0.512. The van der Waals surface area contributed by atoms with Gasteiger partial charge in [-0.1, -0.05) is 0 Å². The third kappa shape index (κ3) is 1.60. The lowest BCUT2D eigenvalue weighted by Gasteiger charge is -2.37. The number of cyclic esters (lactones) is 1. The molecule has 0 radical (unpaired) electrons. The SMILES string of the molecule is CO[Si]1(OC)OCOC(=O)C2(S)CCCN21. The van der Waals surface area contributed by atoms with Crippen LogP contribution in [-0.4, -0.2) is 51.9 Å². The van der Waals surface area contributed by atoms with Gasteiger partial charge in [0, 0.05) is 14.2 Å². The molecule has 6 nitrogen and oxygen atoms in total. The fourth-order valence-corrected chi connectivity index (χ4v) is 5.14. The Balaban J connectivity index is 2.39. The summed E-state index contributed by atoms with van der Waals surface area (Å²) in [6, 6.07) is 0. The molecule has 2 aliphatic heterocycles. The summed E-state index contributed by atoms with van der Waals surface area (Å²) >= 11 is 4.44. The third-order valence-electron chi connectivity index (χ3n) is 2.96. The lowest BCUT2D eigenvalue weighted by atomic mass is 10.2. The second-order valence-corrected chi connectivity index (χ2v) is 7.13. The van der Waals surface area contributed by atoms with Gasteiger partial charge in [-0.05, 0) is 19.4 Å². The Kier molecular flexibility index (Phi) is 3.30. The van der Waals surface area contributed by atoms with Crippen molar-refractivity contribution in [3.8, 4) is 0 Å². The highest BCUT2D eigenvalue weighted by Gasteiger charge is 2.63. The minimum Gasteiger partial charge on any atom is -0.437 e. The first kappa shape index (κ1) is 12.3. The van der Waals surface area contributed by atoms with Gasteiger partial charge in [0.15, 0.2) is 11.7 Å². The maximum absolute atomic E-state index is 11.8. The molecule has 0 aromatic rings. The second kappa shape index (κ2) is 4.28. The van der Waals surface area contributed by atoms with Gasteiger partial charge >= 0.3 is 14.9 Å². The Bertz CT molecular complexity index is 300. The molecule has 1 unspecified atom stereocenters. The largest absolute Gasteiger partial charge is 0.603 e. The van der Waals surface area contributed by atoms with Gasteiger partial charge in [0.25, 0.3) is 0 Å². The summed E-state index contributed by atoms with van der Waals surface area (Å²) in [7, 11) is 0.00989. The summed E-state index contributed by atoms with van der Waals surface area (Å²) in [5.41, 5.74) is 0. The minimum atomic E-state index is -3.01. The van der Waals surface area contributed by atoms with Gasteiger partial charge in [-0.15, -0.1) is 12.6 Å². The predicted octanol–water partition coefficient (Wildman–Crippen LogP) is -0.0324. The van der Waals surface area contributed by atoms with E-state index in [1.807, 2.05) is 0 Å². The summed E-state index contributed by atoms with van der Waals surface area (Å²) < 4.78 is 23.0. The summed E-state index contributed by atoms with van der Waals surface area (Å²) in [6.07, 6.45) is 1.45. The Morgan fingerprint density at radius 1 is 1.50 bits per heavy atom. The number of hydrogen-bond acceptors (Lipinski definition) is 7. The van der Waals surface area contributed by atoms with Crippen molar-refractivity contribution in [2.45, 2.75) is 17.7 Å². The number of carbonyl (C=O) groups excluding carboxylic acids is 1. The molecule has 2 heterocycles. The van der Waals surface area contributed by atoms with Crippen LogP contribution in [0.25, 0.3) is 0 Å². The van der Waals surface area contributed by atoms with E-state index in [0.29, 0.717) is 13.0 Å². The molecule has 0 spiro atoms. The summed E-state index contributed by atoms with van der Waals surface area (Å²) in [5.74, 6) is -0.392. The van der Waals surface area contributed by atoms with Crippen molar-refractivity contribution in [1.29, 1.82) is 0 Å². The average Bonchev–Trinajstić information content (AvgIpc) is 2.65. The quantitative estimate of drug-likeness (QED) is 0.430. The standard InChI is InChI=1S/C8H15NO5SSi/c1-11-16(12-2)9-5-3-4-8(9,15)7(10)13-6-14-16/h15H,3-6H2,1-2H3. The molecular formula is C8H15NO5SSi. The molecule has 1 atom stereocenters. The van der Waals surface area contributed by atoms with Gasteiger partial charge in [0.05, 0.1) is 0 Å². The number of ether oxygens (including phenoxy) is 1. The molecule has 0 aromatic heterocycles. The van der Waals surface area contributed by atoms with E-state index >= 15 is 0 Å². The molecule has 2 rings (SSSR count). The molecule has 2 fully saturated rings. The van der Waals surface area contributed by atoms with Crippen LogP contribution in [0.2, 0.25) is 0 Å². The van der Waals surface area contributed by atoms with E-state index in [2.05, 4.69) is 12.6 Å². The maximum Gasteiger partial charge on any atom is 0.603 e.